The van der Waals surface area contributed by atoms with Crippen molar-refractivity contribution in [1.29, 1.82) is 0 Å². The van der Waals surface area contributed by atoms with E-state index in [0.29, 0.717) is 17.3 Å². The fourth-order valence-corrected chi connectivity index (χ4v) is 2.59. The van der Waals surface area contributed by atoms with E-state index in [-0.39, 0.29) is 0 Å². The lowest BCUT2D eigenvalue weighted by atomic mass is 10.3. The summed E-state index contributed by atoms with van der Waals surface area (Å²) in [4.78, 5) is 12.3. The average molecular weight is 287 g/mol. The fraction of sp³-hybridized carbons (Fsp3) is 0.462. The van der Waals surface area contributed by atoms with Crippen molar-refractivity contribution in [1.82, 2.24) is 0 Å². The Balaban J connectivity index is 2.50. The molecule has 0 unspecified atom stereocenters. The Bertz CT molecular complexity index is 370. The van der Waals surface area contributed by atoms with Gasteiger partial charge in [-0.1, -0.05) is 24.9 Å². The number of nitrogens with zero attached hydrogens (tertiary/aromatic N) is 1. The van der Waals surface area contributed by atoms with Crippen molar-refractivity contribution >= 4 is 35.1 Å². The second kappa shape index (κ2) is 8.27. The summed E-state index contributed by atoms with van der Waals surface area (Å²) in [6, 6.07) is 6.73. The number of carboxylic acid groups (broad SMARTS) is 1. The highest BCUT2D eigenvalue weighted by atomic mass is 35.5. The van der Waals surface area contributed by atoms with Gasteiger partial charge in [0.2, 0.25) is 0 Å². The summed E-state index contributed by atoms with van der Waals surface area (Å²) in [6.45, 7) is 2.58. The van der Waals surface area contributed by atoms with E-state index >= 15 is 0 Å². The minimum Gasteiger partial charge on any atom is -0.530 e. The van der Waals surface area contributed by atoms with Crippen LogP contribution in [-0.4, -0.2) is 24.1 Å². The summed E-state index contributed by atoms with van der Waals surface area (Å²) in [5.41, 5.74) is 0.607. The molecule has 1 amide bonds. The molecule has 0 aliphatic carbocycles. The highest BCUT2D eigenvalue weighted by Gasteiger charge is 2.07. The fourth-order valence-electron chi connectivity index (χ4n) is 1.45. The van der Waals surface area contributed by atoms with Gasteiger partial charge in [-0.25, -0.2) is 0 Å². The Morgan fingerprint density at radius 1 is 1.33 bits per heavy atom. The SMILES string of the molecule is CCCCSCCN(C(=O)[O-])c1ccc(Cl)cc1. The third kappa shape index (κ3) is 5.19. The minimum absolute atomic E-state index is 0.443. The molecule has 3 nitrogen and oxygen atoms in total. The number of unbranched alkanes of at least 4 members (excludes halogenated alkanes) is 1. The van der Waals surface area contributed by atoms with E-state index in [0.717, 1.165) is 24.3 Å². The van der Waals surface area contributed by atoms with Crippen LogP contribution in [0.5, 0.6) is 0 Å². The van der Waals surface area contributed by atoms with Crippen molar-refractivity contribution in [3.8, 4) is 0 Å². The van der Waals surface area contributed by atoms with Crippen LogP contribution in [0, 0.1) is 0 Å². The summed E-state index contributed by atoms with van der Waals surface area (Å²) in [5, 5.41) is 11.7. The van der Waals surface area contributed by atoms with Gasteiger partial charge in [0.25, 0.3) is 0 Å². The van der Waals surface area contributed by atoms with Crippen molar-refractivity contribution in [2.75, 3.05) is 23.0 Å². The van der Waals surface area contributed by atoms with E-state index in [4.69, 9.17) is 11.6 Å². The van der Waals surface area contributed by atoms with Crippen molar-refractivity contribution in [2.24, 2.45) is 0 Å². The van der Waals surface area contributed by atoms with Crippen molar-refractivity contribution in [3.05, 3.63) is 29.3 Å². The summed E-state index contributed by atoms with van der Waals surface area (Å²) < 4.78 is 0. The van der Waals surface area contributed by atoms with E-state index in [1.807, 2.05) is 0 Å². The third-order valence-corrected chi connectivity index (χ3v) is 3.76. The molecule has 0 fully saturated rings. The minimum atomic E-state index is -1.17. The largest absolute Gasteiger partial charge is 0.530 e. The van der Waals surface area contributed by atoms with Gasteiger partial charge in [0.15, 0.2) is 0 Å². The van der Waals surface area contributed by atoms with Crippen LogP contribution in [-0.2, 0) is 0 Å². The van der Waals surface area contributed by atoms with Crippen molar-refractivity contribution < 1.29 is 9.90 Å². The maximum atomic E-state index is 11.1. The molecule has 100 valence electrons. The van der Waals surface area contributed by atoms with E-state index in [1.165, 1.54) is 4.90 Å². The quantitative estimate of drug-likeness (QED) is 0.724. The second-order valence-electron chi connectivity index (χ2n) is 3.86. The van der Waals surface area contributed by atoms with Gasteiger partial charge in [0.05, 0.1) is 0 Å². The summed E-state index contributed by atoms with van der Waals surface area (Å²) >= 11 is 7.53. The first kappa shape index (κ1) is 15.2. The molecule has 1 aromatic carbocycles. The van der Waals surface area contributed by atoms with Gasteiger partial charge in [-0.2, -0.15) is 11.8 Å². The maximum absolute atomic E-state index is 11.1. The number of hydrogen-bond acceptors (Lipinski definition) is 3. The zero-order chi connectivity index (χ0) is 13.4. The van der Waals surface area contributed by atoms with Gasteiger partial charge < -0.3 is 14.8 Å². The van der Waals surface area contributed by atoms with Gasteiger partial charge in [-0.15, -0.1) is 0 Å². The first-order valence-corrected chi connectivity index (χ1v) is 7.50. The highest BCUT2D eigenvalue weighted by Crippen LogP contribution is 2.18. The number of carbonyl (C=O) groups is 1. The molecule has 0 heterocycles. The molecule has 5 heteroatoms. The number of halogens is 1. The Hall–Kier alpha value is -0.870. The van der Waals surface area contributed by atoms with E-state index in [9.17, 15) is 9.90 Å². The van der Waals surface area contributed by atoms with Gasteiger partial charge in [0, 0.05) is 23.0 Å². The molecule has 1 aromatic rings. The number of hydrogen-bond donors (Lipinski definition) is 0. The standard InChI is InChI=1S/C13H18ClNO2S/c1-2-3-9-18-10-8-15(13(16)17)12-6-4-11(14)5-7-12/h4-7H,2-3,8-10H2,1H3,(H,16,17)/p-1. The normalized spacial score (nSPS) is 10.3. The van der Waals surface area contributed by atoms with E-state index < -0.39 is 6.09 Å². The van der Waals surface area contributed by atoms with E-state index in [1.54, 1.807) is 36.0 Å². The Morgan fingerprint density at radius 3 is 2.56 bits per heavy atom. The summed E-state index contributed by atoms with van der Waals surface area (Å²) in [7, 11) is 0. The molecule has 0 aliphatic heterocycles. The van der Waals surface area contributed by atoms with E-state index in [2.05, 4.69) is 6.92 Å². The van der Waals surface area contributed by atoms with Crippen LogP contribution in [0.15, 0.2) is 24.3 Å². The molecule has 18 heavy (non-hydrogen) atoms. The zero-order valence-electron chi connectivity index (χ0n) is 10.4. The monoisotopic (exact) mass is 286 g/mol. The van der Waals surface area contributed by atoms with Crippen molar-refractivity contribution in [2.45, 2.75) is 19.8 Å². The molecule has 0 saturated carbocycles. The van der Waals surface area contributed by atoms with Gasteiger partial charge in [0.1, 0.15) is 6.09 Å². The van der Waals surface area contributed by atoms with Gasteiger partial charge in [-0.05, 0) is 36.4 Å². The van der Waals surface area contributed by atoms with Crippen LogP contribution in [0.25, 0.3) is 0 Å². The molecule has 0 atom stereocenters. The molecule has 0 aliphatic rings. The zero-order valence-corrected chi connectivity index (χ0v) is 12.0. The molecule has 1 rings (SSSR count). The number of carbonyl (C=O) groups excluding carboxylic acids is 1. The molecule has 0 spiro atoms. The first-order valence-electron chi connectivity index (χ1n) is 5.97. The molecular formula is C13H17ClNO2S-. The number of rotatable bonds is 7. The Kier molecular flexibility index (Phi) is 6.98. The molecular weight excluding hydrogens is 270 g/mol. The topological polar surface area (TPSA) is 43.4 Å². The smallest absolute Gasteiger partial charge is 0.141 e. The lowest BCUT2D eigenvalue weighted by Gasteiger charge is -2.25. The predicted octanol–water partition coefficient (Wildman–Crippen LogP) is 3.02. The average Bonchev–Trinajstić information content (AvgIpc) is 2.35. The van der Waals surface area contributed by atoms with Crippen LogP contribution in [0.3, 0.4) is 0 Å². The molecule has 0 aromatic heterocycles. The number of thioether (sulfide) groups is 1. The number of amides is 1. The predicted molar refractivity (Wildman–Crippen MR) is 76.4 cm³/mol. The van der Waals surface area contributed by atoms with Crippen LogP contribution in [0.2, 0.25) is 5.02 Å². The Labute approximate surface area is 117 Å². The summed E-state index contributed by atoms with van der Waals surface area (Å²) in [6.07, 6.45) is 1.15. The lowest BCUT2D eigenvalue weighted by Crippen LogP contribution is -2.42. The molecule has 0 bridgehead atoms. The summed E-state index contributed by atoms with van der Waals surface area (Å²) in [5.74, 6) is 1.84. The second-order valence-corrected chi connectivity index (χ2v) is 5.52. The molecule has 0 radical (unpaired) electrons. The van der Waals surface area contributed by atoms with Gasteiger partial charge in [-0.3, -0.25) is 0 Å². The van der Waals surface area contributed by atoms with Crippen LogP contribution in [0.4, 0.5) is 10.5 Å². The highest BCUT2D eigenvalue weighted by molar-refractivity contribution is 7.99. The van der Waals surface area contributed by atoms with Crippen LogP contribution in [0.1, 0.15) is 19.8 Å². The lowest BCUT2D eigenvalue weighted by molar-refractivity contribution is -0.246. The van der Waals surface area contributed by atoms with Gasteiger partial charge >= 0.3 is 0 Å². The molecule has 0 N–H and O–H groups in total. The Morgan fingerprint density at radius 2 is 2.00 bits per heavy atom. The molecule has 0 saturated heterocycles. The third-order valence-electron chi connectivity index (χ3n) is 2.46. The van der Waals surface area contributed by atoms with Crippen LogP contribution < -0.4 is 10.0 Å². The van der Waals surface area contributed by atoms with Crippen molar-refractivity contribution in [3.63, 3.8) is 0 Å². The van der Waals surface area contributed by atoms with Crippen LogP contribution >= 0.6 is 23.4 Å². The maximum Gasteiger partial charge on any atom is 0.141 e. The number of benzene rings is 1. The first-order chi connectivity index (χ1) is 8.65. The number of anilines is 1.